The Morgan fingerprint density at radius 2 is 2.06 bits per heavy atom. The molecule has 1 N–H and O–H groups in total. The van der Waals surface area contributed by atoms with Gasteiger partial charge in [-0.05, 0) is 61.3 Å². The summed E-state index contributed by atoms with van der Waals surface area (Å²) in [5, 5.41) is 3.75. The molecular weight excluding hydrogens is 405 g/mol. The lowest BCUT2D eigenvalue weighted by Crippen LogP contribution is -2.43. The van der Waals surface area contributed by atoms with Gasteiger partial charge in [-0.3, -0.25) is 4.79 Å². The van der Waals surface area contributed by atoms with Crippen molar-refractivity contribution in [1.29, 1.82) is 0 Å². The van der Waals surface area contributed by atoms with Crippen LogP contribution in [-0.4, -0.2) is 43.2 Å². The summed E-state index contributed by atoms with van der Waals surface area (Å²) < 4.78 is 44.5. The van der Waals surface area contributed by atoms with E-state index in [0.29, 0.717) is 43.1 Å². The van der Waals surface area contributed by atoms with Crippen molar-refractivity contribution in [3.8, 4) is 0 Å². The van der Waals surface area contributed by atoms with Crippen LogP contribution < -0.4 is 5.32 Å². The second-order valence-electron chi connectivity index (χ2n) is 9.14. The number of carbonyl (C=O) groups is 1. The minimum Gasteiger partial charge on any atom is -0.385 e. The number of ether oxygens (including phenoxy) is 1. The average molecular weight is 441 g/mol. The first-order valence-corrected chi connectivity index (χ1v) is 11.5. The van der Waals surface area contributed by atoms with Crippen molar-refractivity contribution >= 4 is 5.91 Å². The zero-order valence-corrected chi connectivity index (χ0v) is 18.8. The lowest BCUT2D eigenvalue weighted by Gasteiger charge is -2.32. The first-order chi connectivity index (χ1) is 14.7. The predicted octanol–water partition coefficient (Wildman–Crippen LogP) is 4.80. The van der Waals surface area contributed by atoms with Crippen LogP contribution in [0.25, 0.3) is 0 Å². The highest BCUT2D eigenvalue weighted by Crippen LogP contribution is 2.34. The molecule has 0 bridgehead atoms. The summed E-state index contributed by atoms with van der Waals surface area (Å²) in [6.45, 7) is 5.99. The van der Waals surface area contributed by atoms with E-state index >= 15 is 0 Å². The van der Waals surface area contributed by atoms with Crippen molar-refractivity contribution in [1.82, 2.24) is 10.2 Å². The van der Waals surface area contributed by atoms with E-state index in [0.717, 1.165) is 43.7 Å². The Morgan fingerprint density at radius 3 is 2.74 bits per heavy atom. The van der Waals surface area contributed by atoms with Crippen LogP contribution in [0, 0.1) is 11.8 Å². The Labute approximate surface area is 183 Å². The Balaban J connectivity index is 1.59. The van der Waals surface area contributed by atoms with E-state index < -0.39 is 11.7 Å². The van der Waals surface area contributed by atoms with Crippen LogP contribution in [0.15, 0.2) is 18.2 Å². The smallest absolute Gasteiger partial charge is 0.385 e. The van der Waals surface area contributed by atoms with Crippen molar-refractivity contribution in [2.24, 2.45) is 11.8 Å². The van der Waals surface area contributed by atoms with E-state index in [-0.39, 0.29) is 18.4 Å². The molecule has 1 amide bonds. The third-order valence-electron chi connectivity index (χ3n) is 7.05. The van der Waals surface area contributed by atoms with Gasteiger partial charge in [-0.2, -0.15) is 13.2 Å². The number of methoxy groups -OCH3 is 1. The van der Waals surface area contributed by atoms with E-state index in [2.05, 4.69) is 19.2 Å². The van der Waals surface area contributed by atoms with Gasteiger partial charge in [0.1, 0.15) is 0 Å². The van der Waals surface area contributed by atoms with Crippen molar-refractivity contribution in [2.45, 2.75) is 77.2 Å². The lowest BCUT2D eigenvalue weighted by molar-refractivity contribution is -0.137. The molecule has 3 rings (SSSR count). The highest BCUT2D eigenvalue weighted by Gasteiger charge is 2.36. The number of hydrogen-bond acceptors (Lipinski definition) is 3. The first kappa shape index (κ1) is 24.1. The molecule has 1 saturated carbocycles. The molecule has 0 radical (unpaired) electrons. The maximum atomic E-state index is 13.1. The number of nitrogens with one attached hydrogen (secondary N) is 1. The molecule has 1 aliphatic carbocycles. The minimum absolute atomic E-state index is 0.0511. The number of nitrogens with zero attached hydrogens (tertiary/aromatic N) is 1. The average Bonchev–Trinajstić information content (AvgIpc) is 3.22. The van der Waals surface area contributed by atoms with Crippen molar-refractivity contribution in [3.05, 3.63) is 34.9 Å². The number of halogens is 3. The molecule has 2 aliphatic rings. The molecule has 0 spiro atoms. The molecule has 1 aromatic carbocycles. The van der Waals surface area contributed by atoms with Crippen molar-refractivity contribution < 1.29 is 22.7 Å². The Bertz CT molecular complexity index is 753. The maximum Gasteiger partial charge on any atom is 0.416 e. The molecule has 4 unspecified atom stereocenters. The van der Waals surface area contributed by atoms with E-state index in [1.165, 1.54) is 6.07 Å². The molecule has 1 heterocycles. The molecule has 31 heavy (non-hydrogen) atoms. The van der Waals surface area contributed by atoms with Crippen LogP contribution >= 0.6 is 0 Å². The fraction of sp³-hybridized carbons (Fsp3) is 0.708. The summed E-state index contributed by atoms with van der Waals surface area (Å²) in [6.07, 6.45) is 0.875. The molecule has 7 heteroatoms. The van der Waals surface area contributed by atoms with Gasteiger partial charge in [-0.15, -0.1) is 0 Å². The van der Waals surface area contributed by atoms with Gasteiger partial charge in [0.15, 0.2) is 0 Å². The topological polar surface area (TPSA) is 41.6 Å². The molecule has 174 valence electrons. The molecule has 1 fully saturated rings. The van der Waals surface area contributed by atoms with Crippen LogP contribution in [0.2, 0.25) is 0 Å². The number of amides is 1. The largest absolute Gasteiger partial charge is 0.416 e. The van der Waals surface area contributed by atoms with Crippen molar-refractivity contribution in [3.63, 3.8) is 0 Å². The maximum absolute atomic E-state index is 13.1. The fourth-order valence-corrected chi connectivity index (χ4v) is 4.90. The predicted molar refractivity (Wildman–Crippen MR) is 115 cm³/mol. The quantitative estimate of drug-likeness (QED) is 0.631. The van der Waals surface area contributed by atoms with E-state index in [1.54, 1.807) is 18.1 Å². The molecule has 1 aromatic rings. The molecule has 0 aromatic heterocycles. The normalized spacial score (nSPS) is 23.5. The molecule has 1 aliphatic heterocycles. The van der Waals surface area contributed by atoms with Crippen molar-refractivity contribution in [2.75, 3.05) is 20.3 Å². The Hall–Kier alpha value is -1.60. The minimum atomic E-state index is -4.36. The van der Waals surface area contributed by atoms with E-state index in [1.807, 2.05) is 0 Å². The lowest BCUT2D eigenvalue weighted by atomic mass is 9.95. The van der Waals surface area contributed by atoms with Crippen LogP contribution in [0.3, 0.4) is 0 Å². The van der Waals surface area contributed by atoms with Gasteiger partial charge in [-0.25, -0.2) is 0 Å². The van der Waals surface area contributed by atoms with Gasteiger partial charge >= 0.3 is 6.18 Å². The van der Waals surface area contributed by atoms with Crippen LogP contribution in [-0.2, 0) is 28.7 Å². The monoisotopic (exact) mass is 440 g/mol. The third-order valence-corrected chi connectivity index (χ3v) is 7.05. The van der Waals surface area contributed by atoms with Gasteiger partial charge in [0, 0.05) is 44.8 Å². The SMILES string of the molecule is CCC(C)C(CCOC)NC1CCC(C(=O)N2CCc3ccc(C(F)(F)F)cc3C2)C1. The van der Waals surface area contributed by atoms with Gasteiger partial charge in [0.2, 0.25) is 5.91 Å². The second kappa shape index (κ2) is 10.3. The summed E-state index contributed by atoms with van der Waals surface area (Å²) >= 11 is 0. The molecule has 4 atom stereocenters. The first-order valence-electron chi connectivity index (χ1n) is 11.5. The van der Waals surface area contributed by atoms with Crippen LogP contribution in [0.1, 0.15) is 62.6 Å². The molecule has 4 nitrogen and oxygen atoms in total. The summed E-state index contributed by atoms with van der Waals surface area (Å²) in [5.41, 5.74) is 0.897. The third kappa shape index (κ3) is 6.01. The number of rotatable bonds is 8. The zero-order chi connectivity index (χ0) is 22.6. The zero-order valence-electron chi connectivity index (χ0n) is 18.8. The Kier molecular flexibility index (Phi) is 8.03. The molecular formula is C24H35F3N2O2. The number of carbonyl (C=O) groups excluding carboxylic acids is 1. The fourth-order valence-electron chi connectivity index (χ4n) is 4.90. The van der Waals surface area contributed by atoms with Gasteiger partial charge < -0.3 is 15.0 Å². The standard InChI is InChI=1S/C24H35F3N2O2/c1-4-16(2)22(10-12-31-3)28-21-8-6-18(14-21)23(30)29-11-9-17-5-7-20(24(25,26)27)13-19(17)15-29/h5,7,13,16,18,21-22,28H,4,6,8-12,14-15H2,1-3H3. The second-order valence-corrected chi connectivity index (χ2v) is 9.14. The van der Waals surface area contributed by atoms with Crippen LogP contribution in [0.4, 0.5) is 13.2 Å². The summed E-state index contributed by atoms with van der Waals surface area (Å²) in [6, 6.07) is 4.58. The number of alkyl halides is 3. The van der Waals surface area contributed by atoms with E-state index in [4.69, 9.17) is 4.74 Å². The van der Waals surface area contributed by atoms with Gasteiger partial charge in [0.05, 0.1) is 5.56 Å². The Morgan fingerprint density at radius 1 is 1.29 bits per heavy atom. The van der Waals surface area contributed by atoms with Gasteiger partial charge in [0.25, 0.3) is 0 Å². The number of fused-ring (bicyclic) bond motifs is 1. The number of benzene rings is 1. The molecule has 0 saturated heterocycles. The highest BCUT2D eigenvalue weighted by atomic mass is 19.4. The van der Waals surface area contributed by atoms with Gasteiger partial charge in [-0.1, -0.05) is 26.3 Å². The highest BCUT2D eigenvalue weighted by molar-refractivity contribution is 5.79. The summed E-state index contributed by atoms with van der Waals surface area (Å²) in [4.78, 5) is 14.9. The van der Waals surface area contributed by atoms with E-state index in [9.17, 15) is 18.0 Å². The van der Waals surface area contributed by atoms with Crippen LogP contribution in [0.5, 0.6) is 0 Å². The number of hydrogen-bond donors (Lipinski definition) is 1. The summed E-state index contributed by atoms with van der Waals surface area (Å²) in [5.74, 6) is 0.570. The summed E-state index contributed by atoms with van der Waals surface area (Å²) in [7, 11) is 1.71.